The lowest BCUT2D eigenvalue weighted by atomic mass is 9.88. The molecule has 0 saturated carbocycles. The van der Waals surface area contributed by atoms with Crippen molar-refractivity contribution in [2.45, 2.75) is 40.2 Å². The molecule has 0 spiro atoms. The Bertz CT molecular complexity index is 545. The molecule has 0 aliphatic heterocycles. The van der Waals surface area contributed by atoms with E-state index in [0.717, 1.165) is 0 Å². The van der Waals surface area contributed by atoms with E-state index in [2.05, 4.69) is 10.4 Å². The lowest BCUT2D eigenvalue weighted by Crippen LogP contribution is -2.40. The molecule has 1 atom stereocenters. The van der Waals surface area contributed by atoms with E-state index in [1.54, 1.807) is 0 Å². The van der Waals surface area contributed by atoms with Crippen LogP contribution in [0.2, 0.25) is 0 Å². The summed E-state index contributed by atoms with van der Waals surface area (Å²) in [7, 11) is 1.48. The highest BCUT2D eigenvalue weighted by Gasteiger charge is 2.31. The molecule has 1 aromatic rings. The molecule has 0 radical (unpaired) electrons. The quantitative estimate of drug-likeness (QED) is 0.626. The van der Waals surface area contributed by atoms with Crippen LogP contribution in [0.4, 0.5) is 5.69 Å². The smallest absolute Gasteiger partial charge is 0.322 e. The van der Waals surface area contributed by atoms with Crippen molar-refractivity contribution in [2.75, 3.05) is 6.61 Å². The van der Waals surface area contributed by atoms with Gasteiger partial charge in [-0.15, -0.1) is 0 Å². The van der Waals surface area contributed by atoms with Crippen molar-refractivity contribution in [2.24, 2.45) is 12.5 Å². The average molecular weight is 298 g/mol. The highest BCUT2D eigenvalue weighted by molar-refractivity contribution is 5.97. The number of aromatic nitrogens is 2. The molecule has 1 aromatic heterocycles. The first-order chi connectivity index (χ1) is 9.56. The van der Waals surface area contributed by atoms with Gasteiger partial charge in [-0.25, -0.2) is 0 Å². The van der Waals surface area contributed by atoms with Crippen molar-refractivity contribution in [1.29, 1.82) is 0 Å². The van der Waals surface area contributed by atoms with Crippen LogP contribution in [0.3, 0.4) is 0 Å². The summed E-state index contributed by atoms with van der Waals surface area (Å²) in [6, 6.07) is -0.465. The van der Waals surface area contributed by atoms with E-state index in [1.165, 1.54) is 18.7 Å². The second kappa shape index (κ2) is 6.21. The Hall–Kier alpha value is -1.96. The number of nitro groups is 1. The van der Waals surface area contributed by atoms with Crippen LogP contribution in [-0.4, -0.2) is 38.4 Å². The van der Waals surface area contributed by atoms with E-state index in [4.69, 9.17) is 0 Å². The number of aryl methyl sites for hydroxylation is 2. The number of hydrogen-bond donors (Lipinski definition) is 2. The largest absolute Gasteiger partial charge is 0.394 e. The molecule has 0 aliphatic rings. The standard InChI is InChI=1S/C13H22N4O4/c1-8-10(17(20)21)11(16(5)15-8)12(19)14-9(7-18)6-13(2,3)4/h9,18H,6-7H2,1-5H3,(H,14,19). The molecule has 2 N–H and O–H groups in total. The summed E-state index contributed by atoms with van der Waals surface area (Å²) in [5.41, 5.74) is -0.314. The summed E-state index contributed by atoms with van der Waals surface area (Å²) >= 11 is 0. The Morgan fingerprint density at radius 1 is 1.52 bits per heavy atom. The van der Waals surface area contributed by atoms with Crippen molar-refractivity contribution in [3.63, 3.8) is 0 Å². The van der Waals surface area contributed by atoms with Crippen LogP contribution in [-0.2, 0) is 7.05 Å². The Morgan fingerprint density at radius 2 is 2.10 bits per heavy atom. The minimum absolute atomic E-state index is 0.0883. The third kappa shape index (κ3) is 4.25. The highest BCUT2D eigenvalue weighted by Crippen LogP contribution is 2.24. The monoisotopic (exact) mass is 298 g/mol. The maximum Gasteiger partial charge on any atom is 0.322 e. The molecular weight excluding hydrogens is 276 g/mol. The topological polar surface area (TPSA) is 110 Å². The molecule has 1 unspecified atom stereocenters. The minimum Gasteiger partial charge on any atom is -0.394 e. The van der Waals surface area contributed by atoms with Crippen LogP contribution in [0.5, 0.6) is 0 Å². The van der Waals surface area contributed by atoms with Gasteiger partial charge in [0.15, 0.2) is 0 Å². The third-order valence-corrected chi connectivity index (χ3v) is 3.00. The van der Waals surface area contributed by atoms with E-state index in [-0.39, 0.29) is 29.1 Å². The average Bonchev–Trinajstić information content (AvgIpc) is 2.61. The number of nitrogens with zero attached hydrogens (tertiary/aromatic N) is 3. The zero-order valence-corrected chi connectivity index (χ0v) is 13.0. The first kappa shape index (κ1) is 17.1. The summed E-state index contributed by atoms with van der Waals surface area (Å²) in [6.45, 7) is 7.21. The Kier molecular flexibility index (Phi) is 5.06. The third-order valence-electron chi connectivity index (χ3n) is 3.00. The number of aliphatic hydroxyl groups excluding tert-OH is 1. The molecule has 0 bridgehead atoms. The molecule has 0 saturated heterocycles. The number of carbonyl (C=O) groups is 1. The van der Waals surface area contributed by atoms with E-state index in [1.807, 2.05) is 20.8 Å². The zero-order valence-electron chi connectivity index (χ0n) is 13.0. The van der Waals surface area contributed by atoms with Gasteiger partial charge >= 0.3 is 5.69 Å². The van der Waals surface area contributed by atoms with Gasteiger partial charge in [-0.3, -0.25) is 19.6 Å². The van der Waals surface area contributed by atoms with Gasteiger partial charge < -0.3 is 10.4 Å². The van der Waals surface area contributed by atoms with Crippen LogP contribution in [0.1, 0.15) is 43.4 Å². The van der Waals surface area contributed by atoms with Crippen molar-refractivity contribution >= 4 is 11.6 Å². The molecule has 1 rings (SSSR count). The van der Waals surface area contributed by atoms with Crippen LogP contribution in [0.15, 0.2) is 0 Å². The fourth-order valence-corrected chi connectivity index (χ4v) is 2.27. The van der Waals surface area contributed by atoms with E-state index in [9.17, 15) is 20.0 Å². The molecule has 118 valence electrons. The molecule has 21 heavy (non-hydrogen) atoms. The molecule has 8 nitrogen and oxygen atoms in total. The van der Waals surface area contributed by atoms with Gasteiger partial charge in [-0.2, -0.15) is 5.10 Å². The summed E-state index contributed by atoms with van der Waals surface area (Å²) in [5.74, 6) is -0.604. The Morgan fingerprint density at radius 3 is 2.52 bits per heavy atom. The van der Waals surface area contributed by atoms with Crippen molar-refractivity contribution < 1.29 is 14.8 Å². The van der Waals surface area contributed by atoms with E-state index >= 15 is 0 Å². The Balaban J connectivity index is 3.01. The number of nitrogens with one attached hydrogen (secondary N) is 1. The van der Waals surface area contributed by atoms with Crippen molar-refractivity contribution in [3.8, 4) is 0 Å². The summed E-state index contributed by atoms with van der Waals surface area (Å²) in [5, 5.41) is 27.0. The molecular formula is C13H22N4O4. The summed E-state index contributed by atoms with van der Waals surface area (Å²) in [6.07, 6.45) is 0.555. The van der Waals surface area contributed by atoms with Gasteiger partial charge in [-0.1, -0.05) is 20.8 Å². The van der Waals surface area contributed by atoms with Gasteiger partial charge in [0.05, 0.1) is 17.6 Å². The van der Waals surface area contributed by atoms with Crippen LogP contribution >= 0.6 is 0 Å². The lowest BCUT2D eigenvalue weighted by molar-refractivity contribution is -0.385. The number of amides is 1. The van der Waals surface area contributed by atoms with E-state index in [0.29, 0.717) is 6.42 Å². The zero-order chi connectivity index (χ0) is 16.4. The molecule has 0 fully saturated rings. The van der Waals surface area contributed by atoms with E-state index < -0.39 is 16.9 Å². The maximum absolute atomic E-state index is 12.3. The molecule has 0 aliphatic carbocycles. The van der Waals surface area contributed by atoms with Crippen molar-refractivity contribution in [1.82, 2.24) is 15.1 Å². The SMILES string of the molecule is Cc1nn(C)c(C(=O)NC(CO)CC(C)(C)C)c1[N+](=O)[O-]. The van der Waals surface area contributed by atoms with Gasteiger partial charge in [0.2, 0.25) is 5.69 Å². The number of carbonyl (C=O) groups excluding carboxylic acids is 1. The minimum atomic E-state index is -0.616. The first-order valence-electron chi connectivity index (χ1n) is 6.66. The predicted molar refractivity (Wildman–Crippen MR) is 77.0 cm³/mol. The fourth-order valence-electron chi connectivity index (χ4n) is 2.27. The number of rotatable bonds is 5. The second-order valence-electron chi connectivity index (χ2n) is 6.28. The first-order valence-corrected chi connectivity index (χ1v) is 6.66. The maximum atomic E-state index is 12.3. The normalized spacial score (nSPS) is 13.0. The summed E-state index contributed by atoms with van der Waals surface area (Å²) in [4.78, 5) is 22.7. The Labute approximate surface area is 123 Å². The fraction of sp³-hybridized carbons (Fsp3) is 0.692. The van der Waals surface area contributed by atoms with Crippen LogP contribution in [0.25, 0.3) is 0 Å². The van der Waals surface area contributed by atoms with Gasteiger partial charge in [-0.05, 0) is 18.8 Å². The van der Waals surface area contributed by atoms with Crippen LogP contribution in [0, 0.1) is 22.5 Å². The van der Waals surface area contributed by atoms with Gasteiger partial charge in [0.25, 0.3) is 5.91 Å². The lowest BCUT2D eigenvalue weighted by Gasteiger charge is -2.25. The predicted octanol–water partition coefficient (Wildman–Crippen LogP) is 1.16. The molecule has 1 amide bonds. The molecule has 0 aromatic carbocycles. The number of hydrogen-bond acceptors (Lipinski definition) is 5. The van der Waals surface area contributed by atoms with Crippen LogP contribution < -0.4 is 5.32 Å². The number of aliphatic hydroxyl groups is 1. The second-order valence-corrected chi connectivity index (χ2v) is 6.28. The van der Waals surface area contributed by atoms with Gasteiger partial charge in [0.1, 0.15) is 5.69 Å². The van der Waals surface area contributed by atoms with Gasteiger partial charge in [0, 0.05) is 7.05 Å². The summed E-state index contributed by atoms with van der Waals surface area (Å²) < 4.78 is 1.19. The molecule has 1 heterocycles. The molecule has 8 heteroatoms. The highest BCUT2D eigenvalue weighted by atomic mass is 16.6. The van der Waals surface area contributed by atoms with Crippen molar-refractivity contribution in [3.05, 3.63) is 21.5 Å².